The number of aromatic nitrogens is 1. The molecule has 1 heterocycles. The van der Waals surface area contributed by atoms with Crippen LogP contribution in [0.25, 0.3) is 0 Å². The van der Waals surface area contributed by atoms with Crippen molar-refractivity contribution in [2.24, 2.45) is 5.92 Å². The summed E-state index contributed by atoms with van der Waals surface area (Å²) in [6.45, 7) is 1.44. The van der Waals surface area contributed by atoms with Crippen LogP contribution in [0.5, 0.6) is 0 Å². The Kier molecular flexibility index (Phi) is 5.04. The Labute approximate surface area is 122 Å². The number of ether oxygens (including phenoxy) is 1. The molecular formula is C13H18N4O4. The van der Waals surface area contributed by atoms with Crippen molar-refractivity contribution in [1.29, 1.82) is 0 Å². The van der Waals surface area contributed by atoms with Crippen LogP contribution < -0.4 is 10.6 Å². The molecule has 0 atom stereocenters. The lowest BCUT2D eigenvalue weighted by Crippen LogP contribution is -2.28. The molecule has 1 fully saturated rings. The number of pyridine rings is 1. The van der Waals surface area contributed by atoms with E-state index in [2.05, 4.69) is 15.6 Å². The van der Waals surface area contributed by atoms with E-state index in [9.17, 15) is 14.9 Å². The molecule has 0 bridgehead atoms. The van der Waals surface area contributed by atoms with Crippen molar-refractivity contribution in [3.05, 3.63) is 27.9 Å². The van der Waals surface area contributed by atoms with Gasteiger partial charge in [-0.3, -0.25) is 14.9 Å². The van der Waals surface area contributed by atoms with Crippen molar-refractivity contribution >= 4 is 17.4 Å². The van der Waals surface area contributed by atoms with Crippen molar-refractivity contribution in [2.75, 3.05) is 32.1 Å². The predicted octanol–water partition coefficient (Wildman–Crippen LogP) is 1.19. The zero-order valence-corrected chi connectivity index (χ0v) is 11.8. The lowest BCUT2D eigenvalue weighted by Gasteiger charge is -2.07. The number of hydrogen-bond donors (Lipinski definition) is 2. The molecule has 114 valence electrons. The van der Waals surface area contributed by atoms with Crippen LogP contribution in [0.4, 0.5) is 11.5 Å². The molecule has 1 amide bonds. The molecule has 2 rings (SSSR count). The highest BCUT2D eigenvalue weighted by atomic mass is 16.6. The number of hydrogen-bond acceptors (Lipinski definition) is 6. The van der Waals surface area contributed by atoms with E-state index in [1.165, 1.54) is 18.9 Å². The maximum atomic E-state index is 12.0. The van der Waals surface area contributed by atoms with Crippen LogP contribution in [-0.4, -0.2) is 42.6 Å². The number of amides is 1. The van der Waals surface area contributed by atoms with Gasteiger partial charge in [-0.05, 0) is 18.8 Å². The van der Waals surface area contributed by atoms with Gasteiger partial charge in [-0.1, -0.05) is 0 Å². The summed E-state index contributed by atoms with van der Waals surface area (Å²) >= 11 is 0. The number of carbonyl (C=O) groups is 1. The zero-order chi connectivity index (χ0) is 15.2. The van der Waals surface area contributed by atoms with E-state index in [4.69, 9.17) is 4.74 Å². The van der Waals surface area contributed by atoms with E-state index in [1.54, 1.807) is 7.05 Å². The largest absolute Gasteiger partial charge is 0.379 e. The van der Waals surface area contributed by atoms with Crippen LogP contribution in [0.1, 0.15) is 23.2 Å². The van der Waals surface area contributed by atoms with Crippen LogP contribution in [0.2, 0.25) is 0 Å². The summed E-state index contributed by atoms with van der Waals surface area (Å²) in [4.78, 5) is 26.2. The number of nitrogens with zero attached hydrogens (tertiary/aromatic N) is 2. The van der Waals surface area contributed by atoms with Gasteiger partial charge in [0.25, 0.3) is 11.6 Å². The molecule has 0 unspecified atom stereocenters. The van der Waals surface area contributed by atoms with Gasteiger partial charge in [0.05, 0.1) is 11.5 Å². The van der Waals surface area contributed by atoms with Crippen molar-refractivity contribution in [2.45, 2.75) is 12.8 Å². The third-order valence-electron chi connectivity index (χ3n) is 3.16. The molecule has 21 heavy (non-hydrogen) atoms. The minimum absolute atomic E-state index is 0.0125. The second-order valence-electron chi connectivity index (χ2n) is 4.87. The maximum absolute atomic E-state index is 12.0. The van der Waals surface area contributed by atoms with Gasteiger partial charge in [0.2, 0.25) is 0 Å². The normalized spacial score (nSPS) is 13.8. The Balaban J connectivity index is 1.91. The first kappa shape index (κ1) is 15.2. The third-order valence-corrected chi connectivity index (χ3v) is 3.16. The summed E-state index contributed by atoms with van der Waals surface area (Å²) in [5.74, 6) is 0.562. The smallest absolute Gasteiger partial charge is 0.300 e. The van der Waals surface area contributed by atoms with E-state index in [0.29, 0.717) is 24.9 Å². The van der Waals surface area contributed by atoms with Gasteiger partial charge in [0.1, 0.15) is 17.6 Å². The van der Waals surface area contributed by atoms with Gasteiger partial charge < -0.3 is 15.4 Å². The first-order valence-electron chi connectivity index (χ1n) is 6.80. The summed E-state index contributed by atoms with van der Waals surface area (Å²) in [7, 11) is 1.63. The van der Waals surface area contributed by atoms with Gasteiger partial charge in [0, 0.05) is 26.3 Å². The number of nitrogens with one attached hydrogen (secondary N) is 2. The maximum Gasteiger partial charge on any atom is 0.300 e. The fourth-order valence-corrected chi connectivity index (χ4v) is 1.78. The predicted molar refractivity (Wildman–Crippen MR) is 76.3 cm³/mol. The molecule has 1 aromatic rings. The molecule has 1 aliphatic rings. The second kappa shape index (κ2) is 6.98. The van der Waals surface area contributed by atoms with E-state index < -0.39 is 10.8 Å². The Morgan fingerprint density at radius 3 is 2.95 bits per heavy atom. The molecule has 8 heteroatoms. The molecule has 1 saturated carbocycles. The van der Waals surface area contributed by atoms with E-state index in [1.807, 2.05) is 0 Å². The standard InChI is InChI=1S/C13H18N4O4/c1-14-12-6-10(11(7-16-12)17(19)20)13(18)15-4-5-21-8-9-2-3-9/h6-7,9H,2-5,8H2,1H3,(H,14,16)(H,15,18). The van der Waals surface area contributed by atoms with E-state index in [-0.39, 0.29) is 11.3 Å². The summed E-state index contributed by atoms with van der Waals surface area (Å²) in [6, 6.07) is 1.36. The van der Waals surface area contributed by atoms with Gasteiger partial charge in [0.15, 0.2) is 0 Å². The highest BCUT2D eigenvalue weighted by molar-refractivity contribution is 5.98. The molecule has 0 spiro atoms. The van der Waals surface area contributed by atoms with Crippen molar-refractivity contribution in [3.63, 3.8) is 0 Å². The monoisotopic (exact) mass is 294 g/mol. The van der Waals surface area contributed by atoms with Gasteiger partial charge in [-0.15, -0.1) is 0 Å². The molecule has 0 aliphatic heterocycles. The molecule has 1 aliphatic carbocycles. The average Bonchev–Trinajstić information content (AvgIpc) is 3.30. The number of rotatable bonds is 8. The summed E-state index contributed by atoms with van der Waals surface area (Å²) in [5, 5.41) is 16.3. The number of carbonyl (C=O) groups excluding carboxylic acids is 1. The summed E-state index contributed by atoms with van der Waals surface area (Å²) < 4.78 is 5.39. The molecule has 0 radical (unpaired) electrons. The lowest BCUT2D eigenvalue weighted by atomic mass is 10.2. The summed E-state index contributed by atoms with van der Waals surface area (Å²) in [6.07, 6.45) is 3.50. The first-order chi connectivity index (χ1) is 10.1. The van der Waals surface area contributed by atoms with E-state index in [0.717, 1.165) is 12.8 Å². The number of nitro groups is 1. The van der Waals surface area contributed by atoms with Crippen molar-refractivity contribution < 1.29 is 14.5 Å². The Bertz CT molecular complexity index is 531. The van der Waals surface area contributed by atoms with Crippen molar-refractivity contribution in [1.82, 2.24) is 10.3 Å². The average molecular weight is 294 g/mol. The van der Waals surface area contributed by atoms with Crippen LogP contribution in [0.3, 0.4) is 0 Å². The van der Waals surface area contributed by atoms with Crippen LogP contribution in [0.15, 0.2) is 12.3 Å². The third kappa shape index (κ3) is 4.38. The van der Waals surface area contributed by atoms with Crippen LogP contribution in [-0.2, 0) is 4.74 Å². The molecule has 0 aromatic carbocycles. The number of anilines is 1. The van der Waals surface area contributed by atoms with Crippen LogP contribution in [0, 0.1) is 16.0 Å². The summed E-state index contributed by atoms with van der Waals surface area (Å²) in [5.41, 5.74) is -0.327. The quantitative estimate of drug-likeness (QED) is 0.424. The molecule has 1 aromatic heterocycles. The minimum Gasteiger partial charge on any atom is -0.379 e. The lowest BCUT2D eigenvalue weighted by molar-refractivity contribution is -0.385. The van der Waals surface area contributed by atoms with Gasteiger partial charge in [-0.25, -0.2) is 4.98 Å². The highest BCUT2D eigenvalue weighted by Crippen LogP contribution is 2.28. The Hall–Kier alpha value is -2.22. The first-order valence-corrected chi connectivity index (χ1v) is 6.80. The fraction of sp³-hybridized carbons (Fsp3) is 0.538. The highest BCUT2D eigenvalue weighted by Gasteiger charge is 2.22. The van der Waals surface area contributed by atoms with Gasteiger partial charge >= 0.3 is 0 Å². The van der Waals surface area contributed by atoms with Crippen LogP contribution >= 0.6 is 0 Å². The van der Waals surface area contributed by atoms with E-state index >= 15 is 0 Å². The zero-order valence-electron chi connectivity index (χ0n) is 11.8. The Morgan fingerprint density at radius 1 is 1.57 bits per heavy atom. The molecule has 2 N–H and O–H groups in total. The minimum atomic E-state index is -0.620. The molecular weight excluding hydrogens is 276 g/mol. The molecule has 8 nitrogen and oxygen atoms in total. The SMILES string of the molecule is CNc1cc(C(=O)NCCOCC2CC2)c([N+](=O)[O-])cn1. The van der Waals surface area contributed by atoms with Gasteiger partial charge in [-0.2, -0.15) is 0 Å². The second-order valence-corrected chi connectivity index (χ2v) is 4.87. The topological polar surface area (TPSA) is 106 Å². The fourth-order valence-electron chi connectivity index (χ4n) is 1.78. The molecule has 0 saturated heterocycles. The van der Waals surface area contributed by atoms with Crippen molar-refractivity contribution in [3.8, 4) is 0 Å². The Morgan fingerprint density at radius 2 is 2.33 bits per heavy atom.